The van der Waals surface area contributed by atoms with Gasteiger partial charge in [0, 0.05) is 42.5 Å². The summed E-state index contributed by atoms with van der Waals surface area (Å²) in [5, 5.41) is 17.4. The molecule has 140 valence electrons. The number of hydrogen-bond donors (Lipinski definition) is 1. The summed E-state index contributed by atoms with van der Waals surface area (Å²) in [7, 11) is 0. The van der Waals surface area contributed by atoms with Crippen molar-refractivity contribution in [2.24, 2.45) is 4.99 Å². The van der Waals surface area contributed by atoms with Crippen molar-refractivity contribution in [2.75, 3.05) is 18.0 Å². The Morgan fingerprint density at radius 2 is 2.11 bits per heavy atom. The van der Waals surface area contributed by atoms with E-state index < -0.39 is 0 Å². The zero-order valence-electron chi connectivity index (χ0n) is 15.3. The van der Waals surface area contributed by atoms with Crippen LogP contribution in [0.3, 0.4) is 0 Å². The maximum Gasteiger partial charge on any atom is 0.191 e. The third-order valence-electron chi connectivity index (χ3n) is 4.76. The van der Waals surface area contributed by atoms with Crippen LogP contribution in [0, 0.1) is 11.3 Å². The van der Waals surface area contributed by atoms with Crippen LogP contribution in [-0.4, -0.2) is 34.5 Å². The fraction of sp³-hybridized carbons (Fsp3) is 0.238. The Balaban J connectivity index is 1.54. The minimum Gasteiger partial charge on any atom is -0.370 e. The van der Waals surface area contributed by atoms with Crippen molar-refractivity contribution in [1.82, 2.24) is 15.2 Å². The van der Waals surface area contributed by atoms with Gasteiger partial charge in [0.2, 0.25) is 0 Å². The van der Waals surface area contributed by atoms with Gasteiger partial charge in [-0.3, -0.25) is 10.1 Å². The zero-order chi connectivity index (χ0) is 19.3. The predicted octanol–water partition coefficient (Wildman–Crippen LogP) is 4.27. The first kappa shape index (κ1) is 18.2. The van der Waals surface area contributed by atoms with E-state index in [1.807, 2.05) is 30.5 Å². The lowest BCUT2D eigenvalue weighted by Crippen LogP contribution is -2.17. The lowest BCUT2D eigenvalue weighted by molar-refractivity contribution is 0.949. The predicted molar refractivity (Wildman–Crippen MR) is 110 cm³/mol. The Morgan fingerprint density at radius 1 is 1.25 bits per heavy atom. The summed E-state index contributed by atoms with van der Waals surface area (Å²) in [4.78, 5) is 11.1. The van der Waals surface area contributed by atoms with E-state index in [4.69, 9.17) is 11.6 Å². The average Bonchev–Trinajstić information content (AvgIpc) is 3.37. The Labute approximate surface area is 168 Å². The molecule has 3 aromatic rings. The molecule has 1 fully saturated rings. The molecular weight excluding hydrogens is 372 g/mol. The molecule has 0 amide bonds. The van der Waals surface area contributed by atoms with Crippen LogP contribution < -0.4 is 4.90 Å². The van der Waals surface area contributed by atoms with Gasteiger partial charge in [-0.05, 0) is 36.6 Å². The Bertz CT molecular complexity index is 1040. The molecule has 1 aliphatic heterocycles. The van der Waals surface area contributed by atoms with Crippen molar-refractivity contribution in [3.63, 3.8) is 0 Å². The number of nitriles is 1. The number of benzene rings is 1. The summed E-state index contributed by atoms with van der Waals surface area (Å²) < 4.78 is 0. The highest BCUT2D eigenvalue weighted by Crippen LogP contribution is 2.23. The lowest BCUT2D eigenvalue weighted by Gasteiger charge is -2.16. The van der Waals surface area contributed by atoms with Gasteiger partial charge in [-0.15, -0.1) is 0 Å². The van der Waals surface area contributed by atoms with Gasteiger partial charge < -0.3 is 4.90 Å². The highest BCUT2D eigenvalue weighted by Gasteiger charge is 2.14. The molecule has 1 N–H and O–H groups in total. The second-order valence-electron chi connectivity index (χ2n) is 6.75. The van der Waals surface area contributed by atoms with E-state index in [9.17, 15) is 5.26 Å². The summed E-state index contributed by atoms with van der Waals surface area (Å²) in [5.41, 5.74) is 4.16. The second kappa shape index (κ2) is 8.24. The topological polar surface area (TPSA) is 81.0 Å². The van der Waals surface area contributed by atoms with Crippen LogP contribution in [0.15, 0.2) is 47.7 Å². The summed E-state index contributed by atoms with van der Waals surface area (Å²) >= 11 is 6.04. The van der Waals surface area contributed by atoms with Crippen LogP contribution >= 0.6 is 11.6 Å². The Morgan fingerprint density at radius 3 is 2.89 bits per heavy atom. The van der Waals surface area contributed by atoms with Crippen LogP contribution in [-0.2, 0) is 6.42 Å². The monoisotopic (exact) mass is 390 g/mol. The van der Waals surface area contributed by atoms with Crippen LogP contribution in [0.5, 0.6) is 0 Å². The van der Waals surface area contributed by atoms with E-state index in [0.717, 1.165) is 35.6 Å². The van der Waals surface area contributed by atoms with Gasteiger partial charge in [-0.25, -0.2) is 4.99 Å². The minimum atomic E-state index is 0.381. The largest absolute Gasteiger partial charge is 0.370 e. The summed E-state index contributed by atoms with van der Waals surface area (Å²) in [6.45, 7) is 2.13. The number of halogens is 1. The average molecular weight is 391 g/mol. The molecule has 1 aromatic carbocycles. The lowest BCUT2D eigenvalue weighted by atomic mass is 10.1. The van der Waals surface area contributed by atoms with Gasteiger partial charge in [-0.1, -0.05) is 23.7 Å². The van der Waals surface area contributed by atoms with Crippen LogP contribution in [0.4, 0.5) is 11.5 Å². The van der Waals surface area contributed by atoms with E-state index in [1.54, 1.807) is 12.4 Å². The highest BCUT2D eigenvalue weighted by atomic mass is 35.5. The van der Waals surface area contributed by atoms with Crippen LogP contribution in [0.2, 0.25) is 5.02 Å². The van der Waals surface area contributed by atoms with E-state index in [2.05, 4.69) is 37.2 Å². The molecule has 7 heteroatoms. The molecule has 0 saturated carbocycles. The number of aromatic amines is 1. The van der Waals surface area contributed by atoms with Crippen molar-refractivity contribution in [2.45, 2.75) is 19.3 Å². The molecular formula is C21H19ClN6. The molecule has 0 aliphatic carbocycles. The fourth-order valence-electron chi connectivity index (χ4n) is 3.36. The SMILES string of the molecule is N#Cc1c(N=Cc2cncc(N3CCCC3)c2)n[nH]c1Cc1cccc(Cl)c1. The normalized spacial score (nSPS) is 13.9. The number of nitrogens with zero attached hydrogens (tertiary/aromatic N) is 5. The summed E-state index contributed by atoms with van der Waals surface area (Å²) in [6, 6.07) is 11.8. The molecule has 0 atom stereocenters. The summed E-state index contributed by atoms with van der Waals surface area (Å²) in [6.07, 6.45) is 8.30. The Kier molecular flexibility index (Phi) is 5.36. The standard InChI is InChI=1S/C21H19ClN6/c22-17-5-3-4-15(8-17)10-20-19(11-23)21(27-26-20)25-13-16-9-18(14-24-12-16)28-6-1-2-7-28/h3-5,8-9,12-14H,1-2,6-7,10H2,(H,26,27). The summed E-state index contributed by atoms with van der Waals surface area (Å²) in [5.74, 6) is 0.381. The second-order valence-corrected chi connectivity index (χ2v) is 7.18. The minimum absolute atomic E-state index is 0.381. The molecule has 0 bridgehead atoms. The van der Waals surface area contributed by atoms with Crippen molar-refractivity contribution >= 4 is 29.3 Å². The molecule has 0 unspecified atom stereocenters. The molecule has 3 heterocycles. The van der Waals surface area contributed by atoms with E-state index in [1.165, 1.54) is 12.8 Å². The van der Waals surface area contributed by atoms with Gasteiger partial charge in [0.05, 0.1) is 17.6 Å². The van der Waals surface area contributed by atoms with Gasteiger partial charge in [0.25, 0.3) is 0 Å². The number of aliphatic imine (C=N–C) groups is 1. The van der Waals surface area contributed by atoms with Gasteiger partial charge in [-0.2, -0.15) is 10.4 Å². The molecule has 1 saturated heterocycles. The third-order valence-corrected chi connectivity index (χ3v) is 4.99. The molecule has 28 heavy (non-hydrogen) atoms. The third kappa shape index (κ3) is 4.05. The first-order chi connectivity index (χ1) is 13.7. The van der Waals surface area contributed by atoms with Gasteiger partial charge >= 0.3 is 0 Å². The molecule has 0 radical (unpaired) electrons. The highest BCUT2D eigenvalue weighted by molar-refractivity contribution is 6.30. The number of anilines is 1. The van der Waals surface area contributed by atoms with Crippen molar-refractivity contribution in [1.29, 1.82) is 5.26 Å². The first-order valence-corrected chi connectivity index (χ1v) is 9.56. The number of nitrogens with one attached hydrogen (secondary N) is 1. The maximum atomic E-state index is 9.58. The van der Waals surface area contributed by atoms with E-state index in [0.29, 0.717) is 22.8 Å². The van der Waals surface area contributed by atoms with Gasteiger partial charge in [0.1, 0.15) is 11.6 Å². The quantitative estimate of drug-likeness (QED) is 0.659. The molecule has 4 rings (SSSR count). The Hall–Kier alpha value is -3.17. The molecule has 6 nitrogen and oxygen atoms in total. The zero-order valence-corrected chi connectivity index (χ0v) is 16.0. The fourth-order valence-corrected chi connectivity index (χ4v) is 3.57. The van der Waals surface area contributed by atoms with Crippen LogP contribution in [0.25, 0.3) is 0 Å². The van der Waals surface area contributed by atoms with Crippen molar-refractivity contribution in [3.05, 3.63) is 70.1 Å². The van der Waals surface area contributed by atoms with Crippen molar-refractivity contribution in [3.8, 4) is 6.07 Å². The molecule has 0 spiro atoms. The smallest absolute Gasteiger partial charge is 0.191 e. The number of aromatic nitrogens is 3. The molecule has 2 aromatic heterocycles. The van der Waals surface area contributed by atoms with Crippen LogP contribution in [0.1, 0.15) is 35.2 Å². The number of H-pyrrole nitrogens is 1. The van der Waals surface area contributed by atoms with Gasteiger partial charge in [0.15, 0.2) is 5.82 Å². The maximum absolute atomic E-state index is 9.58. The number of rotatable bonds is 5. The molecule has 1 aliphatic rings. The van der Waals surface area contributed by atoms with E-state index >= 15 is 0 Å². The van der Waals surface area contributed by atoms with E-state index in [-0.39, 0.29) is 0 Å². The first-order valence-electron chi connectivity index (χ1n) is 9.19. The number of hydrogen-bond acceptors (Lipinski definition) is 5. The number of pyridine rings is 1. The van der Waals surface area contributed by atoms with Crippen molar-refractivity contribution < 1.29 is 0 Å².